The Morgan fingerprint density at radius 2 is 1.95 bits per heavy atom. The monoisotopic (exact) mass is 366 g/mol. The maximum absolute atomic E-state index is 12.9. The van der Waals surface area contributed by atoms with Crippen molar-refractivity contribution in [3.8, 4) is 0 Å². The molecule has 3 nitrogen and oxygen atoms in total. The second kappa shape index (κ2) is 11.1. The van der Waals surface area contributed by atoms with Crippen molar-refractivity contribution in [3.63, 3.8) is 0 Å². The van der Waals surface area contributed by atoms with Gasteiger partial charge in [-0.05, 0) is 37.1 Å². The standard InChI is InChI=1S/C14H20BrFN2O.ClH/c15-13-9-12(16)7-6-11(13)10-18-14(19)5-3-1-2-4-8-17;/h6-7,9H,1-5,8,10,17H2,(H,18,19);1H. The Morgan fingerprint density at radius 1 is 1.25 bits per heavy atom. The second-order valence-corrected chi connectivity index (χ2v) is 5.32. The van der Waals surface area contributed by atoms with Gasteiger partial charge in [0.25, 0.3) is 0 Å². The number of rotatable bonds is 8. The average Bonchev–Trinajstić information content (AvgIpc) is 2.37. The molecule has 0 bridgehead atoms. The second-order valence-electron chi connectivity index (χ2n) is 4.47. The van der Waals surface area contributed by atoms with Crippen LogP contribution in [-0.2, 0) is 11.3 Å². The lowest BCUT2D eigenvalue weighted by atomic mass is 10.1. The first kappa shape index (κ1) is 19.4. The van der Waals surface area contributed by atoms with Gasteiger partial charge in [0, 0.05) is 17.4 Å². The van der Waals surface area contributed by atoms with Gasteiger partial charge in [0.2, 0.25) is 5.91 Å². The topological polar surface area (TPSA) is 55.1 Å². The lowest BCUT2D eigenvalue weighted by Crippen LogP contribution is -2.22. The number of hydrogen-bond acceptors (Lipinski definition) is 2. The average molecular weight is 368 g/mol. The first-order valence-corrected chi connectivity index (χ1v) is 7.33. The Morgan fingerprint density at radius 3 is 2.60 bits per heavy atom. The molecule has 0 aliphatic rings. The molecule has 0 radical (unpaired) electrons. The van der Waals surface area contributed by atoms with E-state index in [0.29, 0.717) is 24.0 Å². The first-order valence-electron chi connectivity index (χ1n) is 6.54. The molecule has 1 aromatic carbocycles. The van der Waals surface area contributed by atoms with Crippen LogP contribution in [0.5, 0.6) is 0 Å². The molecule has 3 N–H and O–H groups in total. The van der Waals surface area contributed by atoms with Crippen molar-refractivity contribution in [2.45, 2.75) is 38.6 Å². The van der Waals surface area contributed by atoms with Crippen LogP contribution in [0.4, 0.5) is 4.39 Å². The van der Waals surface area contributed by atoms with Crippen LogP contribution in [0, 0.1) is 5.82 Å². The molecule has 0 aliphatic heterocycles. The van der Waals surface area contributed by atoms with E-state index in [1.807, 2.05) is 0 Å². The zero-order valence-corrected chi connectivity index (χ0v) is 13.7. The number of benzene rings is 1. The molecule has 114 valence electrons. The van der Waals surface area contributed by atoms with Crippen LogP contribution in [0.25, 0.3) is 0 Å². The number of hydrogen-bond donors (Lipinski definition) is 2. The van der Waals surface area contributed by atoms with Crippen LogP contribution in [0.2, 0.25) is 0 Å². The van der Waals surface area contributed by atoms with Gasteiger partial charge in [0.15, 0.2) is 0 Å². The number of nitrogens with one attached hydrogen (secondary N) is 1. The molecule has 0 spiro atoms. The Labute approximate surface area is 134 Å². The highest BCUT2D eigenvalue weighted by molar-refractivity contribution is 9.10. The third-order valence-corrected chi connectivity index (χ3v) is 3.59. The summed E-state index contributed by atoms with van der Waals surface area (Å²) in [4.78, 5) is 11.6. The Hall–Kier alpha value is -0.650. The lowest BCUT2D eigenvalue weighted by Gasteiger charge is -2.07. The highest BCUT2D eigenvalue weighted by Crippen LogP contribution is 2.17. The summed E-state index contributed by atoms with van der Waals surface area (Å²) < 4.78 is 13.6. The van der Waals surface area contributed by atoms with Crippen molar-refractivity contribution in [2.75, 3.05) is 6.54 Å². The van der Waals surface area contributed by atoms with Crippen LogP contribution in [0.1, 0.15) is 37.7 Å². The first-order chi connectivity index (χ1) is 9.13. The predicted octanol–water partition coefficient (Wildman–Crippen LogP) is 3.54. The fraction of sp³-hybridized carbons (Fsp3) is 0.500. The summed E-state index contributed by atoms with van der Waals surface area (Å²) in [5.74, 6) is -0.258. The van der Waals surface area contributed by atoms with Gasteiger partial charge in [-0.3, -0.25) is 4.79 Å². The summed E-state index contributed by atoms with van der Waals surface area (Å²) in [6.45, 7) is 1.13. The molecule has 0 unspecified atom stereocenters. The molecule has 0 fully saturated rings. The minimum atomic E-state index is -0.290. The molecular formula is C14H21BrClFN2O. The number of unbranched alkanes of at least 4 members (excludes halogenated alkanes) is 3. The van der Waals surface area contributed by atoms with E-state index in [0.717, 1.165) is 31.2 Å². The molecule has 0 aromatic heterocycles. The van der Waals surface area contributed by atoms with E-state index < -0.39 is 0 Å². The molecule has 0 aliphatic carbocycles. The van der Waals surface area contributed by atoms with Crippen LogP contribution < -0.4 is 11.1 Å². The minimum absolute atomic E-state index is 0. The summed E-state index contributed by atoms with van der Waals surface area (Å²) >= 11 is 3.28. The van der Waals surface area contributed by atoms with Crippen molar-refractivity contribution in [3.05, 3.63) is 34.1 Å². The van der Waals surface area contributed by atoms with E-state index in [9.17, 15) is 9.18 Å². The van der Waals surface area contributed by atoms with E-state index in [-0.39, 0.29) is 24.1 Å². The maximum Gasteiger partial charge on any atom is 0.220 e. The van der Waals surface area contributed by atoms with Crippen molar-refractivity contribution >= 4 is 34.2 Å². The van der Waals surface area contributed by atoms with Crippen LogP contribution in [-0.4, -0.2) is 12.5 Å². The Bertz CT molecular complexity index is 418. The summed E-state index contributed by atoms with van der Waals surface area (Å²) in [5.41, 5.74) is 6.27. The molecule has 1 aromatic rings. The van der Waals surface area contributed by atoms with E-state index in [4.69, 9.17) is 5.73 Å². The molecular weight excluding hydrogens is 347 g/mol. The summed E-state index contributed by atoms with van der Waals surface area (Å²) in [6, 6.07) is 4.45. The maximum atomic E-state index is 12.9. The highest BCUT2D eigenvalue weighted by atomic mass is 79.9. The van der Waals surface area contributed by atoms with Crippen LogP contribution in [0.15, 0.2) is 22.7 Å². The van der Waals surface area contributed by atoms with Gasteiger partial charge < -0.3 is 11.1 Å². The van der Waals surface area contributed by atoms with Gasteiger partial charge >= 0.3 is 0 Å². The summed E-state index contributed by atoms with van der Waals surface area (Å²) in [6.07, 6.45) is 4.54. The normalized spacial score (nSPS) is 9.95. The fourth-order valence-corrected chi connectivity index (χ4v) is 2.22. The number of carbonyl (C=O) groups is 1. The molecule has 0 heterocycles. The molecule has 1 amide bonds. The van der Waals surface area contributed by atoms with E-state index in [1.165, 1.54) is 12.1 Å². The van der Waals surface area contributed by atoms with E-state index in [2.05, 4.69) is 21.2 Å². The van der Waals surface area contributed by atoms with Gasteiger partial charge in [-0.25, -0.2) is 4.39 Å². The van der Waals surface area contributed by atoms with Gasteiger partial charge in [-0.15, -0.1) is 12.4 Å². The van der Waals surface area contributed by atoms with Crippen molar-refractivity contribution < 1.29 is 9.18 Å². The largest absolute Gasteiger partial charge is 0.352 e. The van der Waals surface area contributed by atoms with Gasteiger partial charge in [-0.2, -0.15) is 0 Å². The Balaban J connectivity index is 0.00000361. The number of carbonyl (C=O) groups excluding carboxylic acids is 1. The molecule has 1 rings (SSSR count). The number of halogens is 3. The number of amides is 1. The highest BCUT2D eigenvalue weighted by Gasteiger charge is 2.04. The van der Waals surface area contributed by atoms with E-state index >= 15 is 0 Å². The fourth-order valence-electron chi connectivity index (χ4n) is 1.73. The predicted molar refractivity (Wildman–Crippen MR) is 85.3 cm³/mol. The smallest absolute Gasteiger partial charge is 0.220 e. The van der Waals surface area contributed by atoms with Gasteiger partial charge in [0.1, 0.15) is 5.82 Å². The van der Waals surface area contributed by atoms with Crippen molar-refractivity contribution in [2.24, 2.45) is 5.73 Å². The SMILES string of the molecule is Cl.NCCCCCCC(=O)NCc1ccc(F)cc1Br. The van der Waals surface area contributed by atoms with Gasteiger partial charge in [0.05, 0.1) is 0 Å². The number of nitrogens with two attached hydrogens (primary N) is 1. The molecule has 0 atom stereocenters. The zero-order valence-electron chi connectivity index (χ0n) is 11.3. The lowest BCUT2D eigenvalue weighted by molar-refractivity contribution is -0.121. The molecule has 0 saturated heterocycles. The van der Waals surface area contributed by atoms with Gasteiger partial charge in [-0.1, -0.05) is 34.8 Å². The van der Waals surface area contributed by atoms with Crippen LogP contribution >= 0.6 is 28.3 Å². The Kier molecular flexibility index (Phi) is 10.7. The molecule has 20 heavy (non-hydrogen) atoms. The quantitative estimate of drug-likeness (QED) is 0.691. The van der Waals surface area contributed by atoms with Crippen molar-refractivity contribution in [1.82, 2.24) is 5.32 Å². The summed E-state index contributed by atoms with van der Waals surface area (Å²) in [5, 5.41) is 2.83. The molecule has 6 heteroatoms. The summed E-state index contributed by atoms with van der Waals surface area (Å²) in [7, 11) is 0. The third kappa shape index (κ3) is 7.82. The third-order valence-electron chi connectivity index (χ3n) is 2.85. The minimum Gasteiger partial charge on any atom is -0.352 e. The molecule has 0 saturated carbocycles. The van der Waals surface area contributed by atoms with E-state index in [1.54, 1.807) is 6.07 Å². The van der Waals surface area contributed by atoms with Crippen LogP contribution in [0.3, 0.4) is 0 Å². The van der Waals surface area contributed by atoms with Crippen molar-refractivity contribution in [1.29, 1.82) is 0 Å². The zero-order chi connectivity index (χ0) is 14.1.